The molecular formula is C27H22N2S. The molecule has 0 radical (unpaired) electrons. The first-order valence-corrected chi connectivity index (χ1v) is 10.9. The summed E-state index contributed by atoms with van der Waals surface area (Å²) in [6.45, 7) is 0. The molecule has 30 heavy (non-hydrogen) atoms. The van der Waals surface area contributed by atoms with Crippen LogP contribution in [-0.4, -0.2) is 4.57 Å². The van der Waals surface area contributed by atoms with Crippen LogP contribution in [0.5, 0.6) is 0 Å². The lowest BCUT2D eigenvalue weighted by Crippen LogP contribution is -2.09. The predicted molar refractivity (Wildman–Crippen MR) is 129 cm³/mol. The Morgan fingerprint density at radius 1 is 0.567 bits per heavy atom. The van der Waals surface area contributed by atoms with Gasteiger partial charge in [-0.25, -0.2) is 0 Å². The summed E-state index contributed by atoms with van der Waals surface area (Å²) in [5.74, 6) is 0. The lowest BCUT2D eigenvalue weighted by Gasteiger charge is -2.25. The molecule has 0 amide bonds. The molecule has 3 heteroatoms. The van der Waals surface area contributed by atoms with Gasteiger partial charge in [0, 0.05) is 29.8 Å². The van der Waals surface area contributed by atoms with Crippen LogP contribution in [0, 0.1) is 0 Å². The summed E-state index contributed by atoms with van der Waals surface area (Å²) >= 11 is 1.77. The summed E-state index contributed by atoms with van der Waals surface area (Å²) in [6, 6.07) is 38.5. The van der Waals surface area contributed by atoms with Crippen molar-refractivity contribution in [1.29, 1.82) is 0 Å². The zero-order valence-corrected chi connectivity index (χ0v) is 17.6. The van der Waals surface area contributed by atoms with Gasteiger partial charge in [0.05, 0.1) is 10.6 Å². The minimum absolute atomic E-state index is 1.14. The van der Waals surface area contributed by atoms with E-state index in [0.717, 1.165) is 17.1 Å². The van der Waals surface area contributed by atoms with Crippen LogP contribution in [0.25, 0.3) is 21.8 Å². The molecule has 3 aromatic carbocycles. The normalized spacial score (nSPS) is 10.8. The number of hydrogen-bond acceptors (Lipinski definition) is 2. The van der Waals surface area contributed by atoms with Crippen LogP contribution in [-0.2, 0) is 7.05 Å². The standard InChI is InChI=1S/C27H22N2S/c1-28-25(18-19-26(28)27-13-8-20-30-27)21-14-16-24(17-15-21)29(22-9-4-2-5-10-22)23-11-6-3-7-12-23/h2-20H,1H3. The smallest absolute Gasteiger partial charge is 0.0584 e. The second-order valence-electron chi connectivity index (χ2n) is 7.19. The summed E-state index contributed by atoms with van der Waals surface area (Å²) in [4.78, 5) is 3.57. The lowest BCUT2D eigenvalue weighted by molar-refractivity contribution is 0.948. The van der Waals surface area contributed by atoms with Gasteiger partial charge >= 0.3 is 0 Å². The highest BCUT2D eigenvalue weighted by molar-refractivity contribution is 7.13. The topological polar surface area (TPSA) is 8.17 Å². The van der Waals surface area contributed by atoms with E-state index in [1.54, 1.807) is 11.3 Å². The van der Waals surface area contributed by atoms with Gasteiger partial charge in [0.15, 0.2) is 0 Å². The number of rotatable bonds is 5. The maximum Gasteiger partial charge on any atom is 0.0584 e. The van der Waals surface area contributed by atoms with E-state index >= 15 is 0 Å². The number of thiophene rings is 1. The van der Waals surface area contributed by atoms with E-state index in [0.29, 0.717) is 0 Å². The molecule has 0 saturated carbocycles. The summed E-state index contributed by atoms with van der Waals surface area (Å²) in [6.07, 6.45) is 0. The molecule has 0 aliphatic heterocycles. The second kappa shape index (κ2) is 8.05. The van der Waals surface area contributed by atoms with Crippen LogP contribution >= 0.6 is 11.3 Å². The van der Waals surface area contributed by atoms with Crippen LogP contribution in [0.4, 0.5) is 17.1 Å². The first-order valence-electron chi connectivity index (χ1n) is 10.0. The largest absolute Gasteiger partial charge is 0.343 e. The Kier molecular flexibility index (Phi) is 4.96. The van der Waals surface area contributed by atoms with Crippen molar-refractivity contribution in [3.63, 3.8) is 0 Å². The minimum Gasteiger partial charge on any atom is -0.343 e. The zero-order valence-electron chi connectivity index (χ0n) is 16.8. The average Bonchev–Trinajstić information content (AvgIpc) is 3.46. The van der Waals surface area contributed by atoms with E-state index in [-0.39, 0.29) is 0 Å². The molecule has 0 aliphatic carbocycles. The fraction of sp³-hybridized carbons (Fsp3) is 0.0370. The van der Waals surface area contributed by atoms with E-state index in [4.69, 9.17) is 0 Å². The molecule has 2 heterocycles. The van der Waals surface area contributed by atoms with Crippen LogP contribution < -0.4 is 4.90 Å². The van der Waals surface area contributed by atoms with E-state index in [2.05, 4.69) is 131 Å². The highest BCUT2D eigenvalue weighted by Crippen LogP contribution is 2.36. The third kappa shape index (κ3) is 3.44. The maximum absolute atomic E-state index is 2.28. The van der Waals surface area contributed by atoms with Crippen molar-refractivity contribution < 1.29 is 0 Å². The molecule has 0 spiro atoms. The van der Waals surface area contributed by atoms with Crippen molar-refractivity contribution in [2.45, 2.75) is 0 Å². The third-order valence-electron chi connectivity index (χ3n) is 5.35. The molecule has 146 valence electrons. The van der Waals surface area contributed by atoms with Gasteiger partial charge in [0.2, 0.25) is 0 Å². The molecule has 0 unspecified atom stereocenters. The summed E-state index contributed by atoms with van der Waals surface area (Å²) in [7, 11) is 2.14. The molecule has 2 nitrogen and oxygen atoms in total. The number of nitrogens with zero attached hydrogens (tertiary/aromatic N) is 2. The first kappa shape index (κ1) is 18.5. The summed E-state index contributed by atoms with van der Waals surface area (Å²) in [5.41, 5.74) is 7.12. The van der Waals surface area contributed by atoms with Crippen molar-refractivity contribution in [2.75, 3.05) is 4.90 Å². The highest BCUT2D eigenvalue weighted by atomic mass is 32.1. The molecule has 5 aromatic rings. The maximum atomic E-state index is 2.28. The van der Waals surface area contributed by atoms with E-state index in [1.165, 1.54) is 21.8 Å². The Labute approximate surface area is 181 Å². The first-order chi connectivity index (χ1) is 14.8. The van der Waals surface area contributed by atoms with Gasteiger partial charge in [-0.2, -0.15) is 0 Å². The van der Waals surface area contributed by atoms with E-state index in [1.807, 2.05) is 0 Å². The number of benzene rings is 3. The van der Waals surface area contributed by atoms with Crippen LogP contribution in [0.15, 0.2) is 115 Å². The average molecular weight is 407 g/mol. The Morgan fingerprint density at radius 3 is 1.70 bits per heavy atom. The SMILES string of the molecule is Cn1c(-c2ccc(N(c3ccccc3)c3ccccc3)cc2)ccc1-c1cccs1. The van der Waals surface area contributed by atoms with Gasteiger partial charge in [-0.3, -0.25) is 0 Å². The van der Waals surface area contributed by atoms with Crippen molar-refractivity contribution in [3.8, 4) is 21.8 Å². The molecule has 0 saturated heterocycles. The van der Waals surface area contributed by atoms with Crippen molar-refractivity contribution in [1.82, 2.24) is 4.57 Å². The van der Waals surface area contributed by atoms with E-state index < -0.39 is 0 Å². The summed E-state index contributed by atoms with van der Waals surface area (Å²) in [5, 5.41) is 2.12. The molecule has 2 aromatic heterocycles. The molecule has 0 aliphatic rings. The molecular weight excluding hydrogens is 384 g/mol. The van der Waals surface area contributed by atoms with Crippen molar-refractivity contribution in [2.24, 2.45) is 7.05 Å². The Hall–Kier alpha value is -3.56. The van der Waals surface area contributed by atoms with Crippen LogP contribution in [0.3, 0.4) is 0 Å². The fourth-order valence-electron chi connectivity index (χ4n) is 3.86. The fourth-order valence-corrected chi connectivity index (χ4v) is 4.64. The Bertz CT molecular complexity index is 1180. The Balaban J connectivity index is 1.52. The van der Waals surface area contributed by atoms with Crippen LogP contribution in [0.2, 0.25) is 0 Å². The second-order valence-corrected chi connectivity index (χ2v) is 8.14. The molecule has 0 atom stereocenters. The summed E-state index contributed by atoms with van der Waals surface area (Å²) < 4.78 is 2.27. The molecule has 0 fully saturated rings. The van der Waals surface area contributed by atoms with Crippen molar-refractivity contribution in [3.05, 3.63) is 115 Å². The third-order valence-corrected chi connectivity index (χ3v) is 6.24. The van der Waals surface area contributed by atoms with Crippen molar-refractivity contribution >= 4 is 28.4 Å². The molecule has 0 N–H and O–H groups in total. The van der Waals surface area contributed by atoms with Gasteiger partial charge < -0.3 is 9.47 Å². The lowest BCUT2D eigenvalue weighted by atomic mass is 10.1. The number of hydrogen-bond donors (Lipinski definition) is 0. The van der Waals surface area contributed by atoms with E-state index in [9.17, 15) is 0 Å². The van der Waals surface area contributed by atoms with Gasteiger partial charge in [0.1, 0.15) is 0 Å². The number of aromatic nitrogens is 1. The predicted octanol–water partition coefficient (Wildman–Crippen LogP) is 7.89. The Morgan fingerprint density at radius 2 is 1.13 bits per heavy atom. The van der Waals surface area contributed by atoms with Gasteiger partial charge in [-0.1, -0.05) is 54.6 Å². The molecule has 5 rings (SSSR count). The number of para-hydroxylation sites is 2. The molecule has 0 bridgehead atoms. The number of anilines is 3. The van der Waals surface area contributed by atoms with Gasteiger partial charge in [-0.15, -0.1) is 11.3 Å². The van der Waals surface area contributed by atoms with Gasteiger partial charge in [-0.05, 0) is 65.5 Å². The minimum atomic E-state index is 1.14. The quantitative estimate of drug-likeness (QED) is 0.288. The monoisotopic (exact) mass is 406 g/mol. The van der Waals surface area contributed by atoms with Gasteiger partial charge in [0.25, 0.3) is 0 Å². The zero-order chi connectivity index (χ0) is 20.3. The highest BCUT2D eigenvalue weighted by Gasteiger charge is 2.13. The van der Waals surface area contributed by atoms with Crippen LogP contribution in [0.1, 0.15) is 0 Å².